The number of halogens is 1. The second-order valence-corrected chi connectivity index (χ2v) is 10.6. The summed E-state index contributed by atoms with van der Waals surface area (Å²) in [7, 11) is -2.78. The lowest BCUT2D eigenvalue weighted by molar-refractivity contribution is -0.136. The topological polar surface area (TPSA) is 76.0 Å². The molecule has 0 radical (unpaired) electrons. The lowest BCUT2D eigenvalue weighted by atomic mass is 9.86. The first-order chi connectivity index (χ1) is 16.3. The molecule has 0 fully saturated rings. The fourth-order valence-electron chi connectivity index (χ4n) is 4.56. The van der Waals surface area contributed by atoms with E-state index in [1.54, 1.807) is 31.2 Å². The molecule has 0 aromatic heterocycles. The molecule has 0 bridgehead atoms. The normalized spacial score (nSPS) is 19.9. The molecule has 0 N–H and O–H groups in total. The first-order valence-electron chi connectivity index (χ1n) is 10.6. The van der Waals surface area contributed by atoms with E-state index in [4.69, 9.17) is 21.3 Å². The zero-order chi connectivity index (χ0) is 24.1. The molecule has 3 aromatic carbocycles. The summed E-state index contributed by atoms with van der Waals surface area (Å²) in [5.74, 6) is -0.195. The SMILES string of the molecule is COC(=O)C1=CC=C2N=C(c3cccc4ccccc34)N(S(=O)(=O)c3ccc(Cl)cc3)C2(C)C1. The van der Waals surface area contributed by atoms with Crippen LogP contribution in [0.4, 0.5) is 0 Å². The second-order valence-electron chi connectivity index (χ2n) is 8.37. The van der Waals surface area contributed by atoms with Gasteiger partial charge in [-0.1, -0.05) is 54.1 Å². The summed E-state index contributed by atoms with van der Waals surface area (Å²) in [6.45, 7) is 1.78. The molecule has 172 valence electrons. The highest BCUT2D eigenvalue weighted by atomic mass is 35.5. The molecule has 0 saturated heterocycles. The van der Waals surface area contributed by atoms with Gasteiger partial charge in [-0.25, -0.2) is 22.5 Å². The van der Waals surface area contributed by atoms with Gasteiger partial charge in [-0.15, -0.1) is 0 Å². The maximum atomic E-state index is 14.1. The summed E-state index contributed by atoms with van der Waals surface area (Å²) in [6.07, 6.45) is 3.46. The molecule has 0 spiro atoms. The number of fused-ring (bicyclic) bond motifs is 2. The van der Waals surface area contributed by atoms with Crippen molar-refractivity contribution >= 4 is 44.2 Å². The van der Waals surface area contributed by atoms with Gasteiger partial charge in [0.2, 0.25) is 0 Å². The predicted octanol–water partition coefficient (Wildman–Crippen LogP) is 5.09. The highest BCUT2D eigenvalue weighted by Gasteiger charge is 2.52. The van der Waals surface area contributed by atoms with Crippen LogP contribution in [0.5, 0.6) is 0 Å². The van der Waals surface area contributed by atoms with Crippen molar-refractivity contribution in [2.45, 2.75) is 23.8 Å². The second kappa shape index (κ2) is 8.11. The van der Waals surface area contributed by atoms with Gasteiger partial charge in [-0.3, -0.25) is 0 Å². The number of benzene rings is 3. The summed E-state index contributed by atoms with van der Waals surface area (Å²) in [5, 5.41) is 2.28. The van der Waals surface area contributed by atoms with E-state index in [9.17, 15) is 13.2 Å². The Hall–Kier alpha value is -3.42. The van der Waals surface area contributed by atoms with Crippen molar-refractivity contribution in [3.05, 3.63) is 101 Å². The number of aliphatic imine (C=N–C) groups is 1. The molecular weight excluding hydrogens is 472 g/mol. The predicted molar refractivity (Wildman–Crippen MR) is 132 cm³/mol. The molecular formula is C26H21ClN2O4S. The molecule has 34 heavy (non-hydrogen) atoms. The lowest BCUT2D eigenvalue weighted by Gasteiger charge is -2.38. The molecule has 0 amide bonds. The van der Waals surface area contributed by atoms with E-state index in [1.807, 2.05) is 42.5 Å². The molecule has 1 aliphatic carbocycles. The van der Waals surface area contributed by atoms with Crippen LogP contribution in [0.15, 0.2) is 100 Å². The summed E-state index contributed by atoms with van der Waals surface area (Å²) >= 11 is 6.02. The fourth-order valence-corrected chi connectivity index (χ4v) is 6.43. The summed E-state index contributed by atoms with van der Waals surface area (Å²) in [6, 6.07) is 19.5. The Balaban J connectivity index is 1.75. The molecule has 0 saturated carbocycles. The number of amidine groups is 1. The highest BCUT2D eigenvalue weighted by molar-refractivity contribution is 7.89. The minimum absolute atomic E-state index is 0.0847. The van der Waals surface area contributed by atoms with Gasteiger partial charge < -0.3 is 4.74 Å². The smallest absolute Gasteiger partial charge is 0.333 e. The molecule has 8 heteroatoms. The number of carbonyl (C=O) groups excluding carboxylic acids is 1. The number of rotatable bonds is 4. The molecule has 6 nitrogen and oxygen atoms in total. The molecule has 1 aliphatic heterocycles. The Morgan fingerprint density at radius 3 is 2.47 bits per heavy atom. The van der Waals surface area contributed by atoms with E-state index in [0.717, 1.165) is 10.8 Å². The maximum Gasteiger partial charge on any atom is 0.333 e. The number of allylic oxidation sites excluding steroid dienone is 2. The van der Waals surface area contributed by atoms with Crippen LogP contribution >= 0.6 is 11.6 Å². The minimum Gasteiger partial charge on any atom is -0.466 e. The average Bonchev–Trinajstić information content (AvgIpc) is 3.16. The zero-order valence-electron chi connectivity index (χ0n) is 18.5. The standard InChI is InChI=1S/C26H21ClN2O4S/c1-26-16-18(25(30)33-2)10-15-23(26)28-24(22-9-5-7-17-6-3-4-8-21(17)22)29(26)34(31,32)20-13-11-19(27)12-14-20/h3-15H,16H2,1-2H3. The number of carbonyl (C=O) groups is 1. The van der Waals surface area contributed by atoms with Crippen molar-refractivity contribution in [3.63, 3.8) is 0 Å². The molecule has 5 rings (SSSR count). The van der Waals surface area contributed by atoms with Crippen LogP contribution in [0, 0.1) is 0 Å². The van der Waals surface area contributed by atoms with E-state index in [0.29, 0.717) is 27.7 Å². The van der Waals surface area contributed by atoms with E-state index < -0.39 is 21.5 Å². The van der Waals surface area contributed by atoms with Crippen LogP contribution in [0.1, 0.15) is 18.9 Å². The summed E-state index contributed by atoms with van der Waals surface area (Å²) < 4.78 is 34.5. The van der Waals surface area contributed by atoms with Gasteiger partial charge in [0, 0.05) is 22.6 Å². The van der Waals surface area contributed by atoms with Gasteiger partial charge in [0.15, 0.2) is 5.84 Å². The number of hydrogen-bond donors (Lipinski definition) is 0. The van der Waals surface area contributed by atoms with Crippen molar-refractivity contribution in [2.75, 3.05) is 7.11 Å². The van der Waals surface area contributed by atoms with Crippen LogP contribution in [0.3, 0.4) is 0 Å². The van der Waals surface area contributed by atoms with Crippen LogP contribution in [-0.2, 0) is 19.6 Å². The van der Waals surface area contributed by atoms with Crippen LogP contribution in [0.25, 0.3) is 10.8 Å². The van der Waals surface area contributed by atoms with Crippen LogP contribution < -0.4 is 0 Å². The first-order valence-corrected chi connectivity index (χ1v) is 12.4. The van der Waals surface area contributed by atoms with Gasteiger partial charge in [0.25, 0.3) is 10.0 Å². The van der Waals surface area contributed by atoms with Crippen molar-refractivity contribution in [2.24, 2.45) is 4.99 Å². The Bertz CT molecular complexity index is 1520. The largest absolute Gasteiger partial charge is 0.466 e. The summed E-state index contributed by atoms with van der Waals surface area (Å²) in [4.78, 5) is 17.2. The third-order valence-electron chi connectivity index (χ3n) is 6.23. The van der Waals surface area contributed by atoms with Crippen molar-refractivity contribution in [1.82, 2.24) is 4.31 Å². The maximum absolute atomic E-state index is 14.1. The van der Waals surface area contributed by atoms with Gasteiger partial charge in [0.05, 0.1) is 17.7 Å². The summed E-state index contributed by atoms with van der Waals surface area (Å²) in [5.41, 5.74) is 0.495. The molecule has 2 aliphatic rings. The Morgan fingerprint density at radius 2 is 1.74 bits per heavy atom. The average molecular weight is 493 g/mol. The molecule has 1 atom stereocenters. The van der Waals surface area contributed by atoms with Crippen molar-refractivity contribution in [3.8, 4) is 0 Å². The fraction of sp³-hybridized carbons (Fsp3) is 0.154. The minimum atomic E-state index is -4.08. The molecule has 3 aromatic rings. The van der Waals surface area contributed by atoms with Gasteiger partial charge in [0.1, 0.15) is 5.54 Å². The number of nitrogens with zero attached hydrogens (tertiary/aromatic N) is 2. The Morgan fingerprint density at radius 1 is 1.03 bits per heavy atom. The van der Waals surface area contributed by atoms with E-state index in [2.05, 4.69) is 0 Å². The lowest BCUT2D eigenvalue weighted by Crippen LogP contribution is -2.51. The number of hydrogen-bond acceptors (Lipinski definition) is 5. The van der Waals surface area contributed by atoms with Crippen molar-refractivity contribution in [1.29, 1.82) is 0 Å². The Labute approximate surface area is 202 Å². The highest BCUT2D eigenvalue weighted by Crippen LogP contribution is 2.45. The number of methoxy groups -OCH3 is 1. The monoisotopic (exact) mass is 492 g/mol. The van der Waals surface area contributed by atoms with Gasteiger partial charge in [-0.05, 0) is 54.1 Å². The van der Waals surface area contributed by atoms with E-state index in [-0.39, 0.29) is 11.3 Å². The quantitative estimate of drug-likeness (QED) is 0.475. The first kappa shape index (κ1) is 22.4. The van der Waals surface area contributed by atoms with Crippen LogP contribution in [-0.4, -0.2) is 37.2 Å². The third kappa shape index (κ3) is 3.43. The van der Waals surface area contributed by atoms with E-state index in [1.165, 1.54) is 23.5 Å². The Kier molecular flexibility index (Phi) is 5.34. The third-order valence-corrected chi connectivity index (χ3v) is 8.40. The van der Waals surface area contributed by atoms with Crippen molar-refractivity contribution < 1.29 is 17.9 Å². The number of ether oxygens (including phenoxy) is 1. The molecule has 1 heterocycles. The molecule has 1 unspecified atom stereocenters. The zero-order valence-corrected chi connectivity index (χ0v) is 20.1. The number of esters is 1. The van der Waals surface area contributed by atoms with E-state index >= 15 is 0 Å². The van der Waals surface area contributed by atoms with Gasteiger partial charge >= 0.3 is 5.97 Å². The van der Waals surface area contributed by atoms with Crippen LogP contribution in [0.2, 0.25) is 5.02 Å². The number of sulfonamides is 1. The van der Waals surface area contributed by atoms with Gasteiger partial charge in [-0.2, -0.15) is 0 Å².